The number of ether oxygens (including phenoxy) is 4. The van der Waals surface area contributed by atoms with E-state index < -0.39 is 45.9 Å². The SMILES string of the molecule is CCC1=CC2CN(C1)Cc1c([nH]c3ccccc13)[C@@](C(=O)OC)(c1cc3c(cc1OC)N(C)[C@H]1[C@@](O)(C(=O)OC)[C@H](OC(C)=O)[C@]4(CC)CCCN5CC[C@]31[C@@H]54)C2. The van der Waals surface area contributed by atoms with Crippen molar-refractivity contribution in [2.75, 3.05) is 59.5 Å². The highest BCUT2D eigenvalue weighted by molar-refractivity contribution is 5.95. The van der Waals surface area contributed by atoms with Crippen LogP contribution in [0.5, 0.6) is 5.75 Å². The summed E-state index contributed by atoms with van der Waals surface area (Å²) < 4.78 is 24.0. The molecule has 0 radical (unpaired) electrons. The Morgan fingerprint density at radius 1 is 0.965 bits per heavy atom. The lowest BCUT2D eigenvalue weighted by Crippen LogP contribution is -2.82. The maximum atomic E-state index is 15.2. The molecule has 57 heavy (non-hydrogen) atoms. The highest BCUT2D eigenvalue weighted by Gasteiger charge is 2.80. The van der Waals surface area contributed by atoms with Crippen molar-refractivity contribution in [3.05, 3.63) is 70.4 Å². The van der Waals surface area contributed by atoms with Crippen molar-refractivity contribution in [1.82, 2.24) is 14.8 Å². The molecule has 5 aliphatic heterocycles. The van der Waals surface area contributed by atoms with Gasteiger partial charge in [0.2, 0.25) is 5.60 Å². The lowest BCUT2D eigenvalue weighted by atomic mass is 9.46. The van der Waals surface area contributed by atoms with E-state index in [2.05, 4.69) is 52.9 Å². The molecule has 6 aliphatic rings. The molecule has 3 aromatic rings. The van der Waals surface area contributed by atoms with Crippen LogP contribution >= 0.6 is 0 Å². The molecule has 2 unspecified atom stereocenters. The zero-order valence-electron chi connectivity index (χ0n) is 34.3. The second-order valence-electron chi connectivity index (χ2n) is 17.5. The summed E-state index contributed by atoms with van der Waals surface area (Å²) in [6.45, 7) is 9.52. The van der Waals surface area contributed by atoms with Gasteiger partial charge in [-0.1, -0.05) is 43.7 Å². The van der Waals surface area contributed by atoms with Gasteiger partial charge in [-0.2, -0.15) is 0 Å². The Balaban J connectivity index is 1.37. The number of para-hydroxylation sites is 1. The lowest BCUT2D eigenvalue weighted by molar-refractivity contribution is -0.242. The van der Waals surface area contributed by atoms with Gasteiger partial charge in [0.05, 0.1) is 27.4 Å². The Labute approximate surface area is 334 Å². The number of fused-ring (bicyclic) bond motifs is 6. The number of piperidine rings is 1. The van der Waals surface area contributed by atoms with Crippen LogP contribution in [0, 0.1) is 11.3 Å². The first-order valence-corrected chi connectivity index (χ1v) is 20.7. The fourth-order valence-corrected chi connectivity index (χ4v) is 13.3. The number of aromatic amines is 1. The molecule has 12 nitrogen and oxygen atoms in total. The molecule has 1 saturated carbocycles. The number of carbonyl (C=O) groups excluding carboxylic acids is 3. The number of likely N-dealkylation sites (N-methyl/N-ethyl adjacent to an activating group) is 1. The predicted molar refractivity (Wildman–Crippen MR) is 214 cm³/mol. The standard InChI is InChI=1S/C45H56N4O8/c1-8-27-19-28-22-44(40(51)55-6,36-30(25-48(23-27)24-28)29-13-10-11-14-33(29)46-36)32-20-31-34(21-35(32)54-5)47(4)38-43(31)16-18-49-17-12-15-42(9-2,37(43)49)39(57-26(3)50)45(38,53)41(52)56-7/h10-11,13-14,19-21,28,37-39,46,53H,8-9,12,15-18,22-25H2,1-7H3/t28?,37-,38+,39+,42+,43+,44-,45-/m0/s1. The van der Waals surface area contributed by atoms with Gasteiger partial charge in [0.1, 0.15) is 11.2 Å². The maximum Gasteiger partial charge on any atom is 0.344 e. The monoisotopic (exact) mass is 780 g/mol. The minimum absolute atomic E-state index is 0.0375. The van der Waals surface area contributed by atoms with Crippen molar-refractivity contribution in [3.8, 4) is 5.75 Å². The van der Waals surface area contributed by atoms with Crippen LogP contribution in [-0.4, -0.2) is 116 Å². The smallest absolute Gasteiger partial charge is 0.344 e. The molecule has 1 spiro atoms. The van der Waals surface area contributed by atoms with Gasteiger partial charge in [0, 0.05) is 84.4 Å². The largest absolute Gasteiger partial charge is 0.496 e. The zero-order chi connectivity index (χ0) is 40.2. The number of aromatic nitrogens is 1. The Kier molecular flexibility index (Phi) is 8.92. The molecule has 1 aliphatic carbocycles. The third kappa shape index (κ3) is 4.86. The van der Waals surface area contributed by atoms with Crippen LogP contribution in [0.2, 0.25) is 0 Å². The molecule has 0 amide bonds. The van der Waals surface area contributed by atoms with E-state index in [0.717, 1.165) is 72.4 Å². The number of carbonyl (C=O) groups is 3. The number of H-pyrrole nitrogens is 1. The van der Waals surface area contributed by atoms with Gasteiger partial charge in [-0.15, -0.1) is 0 Å². The summed E-state index contributed by atoms with van der Waals surface area (Å²) in [5.74, 6) is -1.21. The molecule has 12 heteroatoms. The summed E-state index contributed by atoms with van der Waals surface area (Å²) in [7, 11) is 6.28. The normalized spacial score (nSPS) is 35.2. The molecule has 2 aromatic carbocycles. The van der Waals surface area contributed by atoms with Gasteiger partial charge < -0.3 is 33.9 Å². The van der Waals surface area contributed by atoms with Crippen molar-refractivity contribution in [3.63, 3.8) is 0 Å². The van der Waals surface area contributed by atoms with Crippen LogP contribution < -0.4 is 9.64 Å². The summed E-state index contributed by atoms with van der Waals surface area (Å²) in [5.41, 5.74) is 1.46. The fraction of sp³-hybridized carbons (Fsp3) is 0.578. The van der Waals surface area contributed by atoms with E-state index in [1.165, 1.54) is 26.7 Å². The van der Waals surface area contributed by atoms with E-state index in [1.807, 2.05) is 30.1 Å². The molecular weight excluding hydrogens is 725 g/mol. The van der Waals surface area contributed by atoms with Gasteiger partial charge in [-0.05, 0) is 80.8 Å². The summed E-state index contributed by atoms with van der Waals surface area (Å²) in [6.07, 6.45) is 5.27. The topological polar surface area (TPSA) is 134 Å². The van der Waals surface area contributed by atoms with Crippen molar-refractivity contribution < 1.29 is 38.4 Å². The van der Waals surface area contributed by atoms with E-state index in [-0.39, 0.29) is 17.9 Å². The fourth-order valence-electron chi connectivity index (χ4n) is 13.3. The Morgan fingerprint density at radius 2 is 1.74 bits per heavy atom. The third-order valence-corrected chi connectivity index (χ3v) is 15.2. The van der Waals surface area contributed by atoms with Crippen LogP contribution in [-0.2, 0) is 46.0 Å². The minimum atomic E-state index is -2.22. The maximum absolute atomic E-state index is 15.2. The number of nitrogens with one attached hydrogen (secondary N) is 1. The highest BCUT2D eigenvalue weighted by Crippen LogP contribution is 2.69. The molecule has 2 N–H and O–H groups in total. The number of hydrogen-bond donors (Lipinski definition) is 2. The number of nitrogens with zero attached hydrogens (tertiary/aromatic N) is 3. The Hall–Kier alpha value is -4.39. The van der Waals surface area contributed by atoms with Crippen molar-refractivity contribution in [2.24, 2.45) is 11.3 Å². The number of benzene rings is 2. The van der Waals surface area contributed by atoms with E-state index in [1.54, 1.807) is 7.11 Å². The summed E-state index contributed by atoms with van der Waals surface area (Å²) in [5, 5.41) is 14.4. The van der Waals surface area contributed by atoms with Crippen LogP contribution in [0.1, 0.15) is 81.7 Å². The first-order chi connectivity index (χ1) is 27.4. The zero-order valence-corrected chi connectivity index (χ0v) is 34.3. The van der Waals surface area contributed by atoms with E-state index in [9.17, 15) is 14.7 Å². The molecule has 304 valence electrons. The van der Waals surface area contributed by atoms with Gasteiger partial charge in [0.25, 0.3) is 0 Å². The average molecular weight is 781 g/mol. The predicted octanol–water partition coefficient (Wildman–Crippen LogP) is 4.98. The molecular formula is C45H56N4O8. The number of rotatable bonds is 7. The van der Waals surface area contributed by atoms with Gasteiger partial charge in [-0.25, -0.2) is 4.79 Å². The molecule has 3 fully saturated rings. The van der Waals surface area contributed by atoms with E-state index in [4.69, 9.17) is 18.9 Å². The molecule has 9 rings (SSSR count). The first kappa shape index (κ1) is 38.1. The average Bonchev–Trinajstić information content (AvgIpc) is 3.87. The Bertz CT molecular complexity index is 2200. The third-order valence-electron chi connectivity index (χ3n) is 15.2. The number of aliphatic hydroxyl groups is 1. The quantitative estimate of drug-likeness (QED) is 0.191. The van der Waals surface area contributed by atoms with Crippen molar-refractivity contribution in [2.45, 2.75) is 100 Å². The number of esters is 3. The van der Waals surface area contributed by atoms with Crippen LogP contribution in [0.4, 0.5) is 5.69 Å². The van der Waals surface area contributed by atoms with Crippen LogP contribution in [0.3, 0.4) is 0 Å². The minimum Gasteiger partial charge on any atom is -0.496 e. The van der Waals surface area contributed by atoms with Crippen LogP contribution in [0.15, 0.2) is 48.0 Å². The van der Waals surface area contributed by atoms with E-state index in [0.29, 0.717) is 43.5 Å². The van der Waals surface area contributed by atoms with Crippen molar-refractivity contribution in [1.29, 1.82) is 0 Å². The molecule has 2 saturated heterocycles. The molecule has 2 bridgehead atoms. The summed E-state index contributed by atoms with van der Waals surface area (Å²) in [4.78, 5) is 53.3. The summed E-state index contributed by atoms with van der Waals surface area (Å²) in [6, 6.07) is 11.3. The second-order valence-corrected chi connectivity index (χ2v) is 17.5. The first-order valence-electron chi connectivity index (χ1n) is 20.7. The van der Waals surface area contributed by atoms with Gasteiger partial charge >= 0.3 is 17.9 Å². The van der Waals surface area contributed by atoms with Gasteiger partial charge in [-0.3, -0.25) is 19.4 Å². The highest BCUT2D eigenvalue weighted by atomic mass is 16.6. The van der Waals surface area contributed by atoms with Gasteiger partial charge in [0.15, 0.2) is 6.10 Å². The van der Waals surface area contributed by atoms with Crippen molar-refractivity contribution >= 4 is 34.5 Å². The molecule has 1 aromatic heterocycles. The summed E-state index contributed by atoms with van der Waals surface area (Å²) >= 11 is 0. The second kappa shape index (κ2) is 13.3. The number of anilines is 1. The van der Waals surface area contributed by atoms with Crippen LogP contribution in [0.25, 0.3) is 10.9 Å². The van der Waals surface area contributed by atoms with E-state index >= 15 is 4.79 Å². The molecule has 9 atom stereocenters. The Morgan fingerprint density at radius 3 is 2.44 bits per heavy atom. The number of hydrogen-bond acceptors (Lipinski definition) is 11. The number of methoxy groups -OCH3 is 3. The lowest BCUT2D eigenvalue weighted by Gasteiger charge is -2.65. The molecule has 6 heterocycles.